The number of hydrogen-bond donors (Lipinski definition) is 2. The predicted octanol–water partition coefficient (Wildman–Crippen LogP) is 3.05. The van der Waals surface area contributed by atoms with Gasteiger partial charge >= 0.3 is 0 Å². The van der Waals surface area contributed by atoms with Gasteiger partial charge in [-0.2, -0.15) is 5.10 Å². The van der Waals surface area contributed by atoms with Gasteiger partial charge in [-0.15, -0.1) is 0 Å². The Morgan fingerprint density at radius 3 is 2.22 bits per heavy atom. The first kappa shape index (κ1) is 23.3. The molecule has 8 heteroatoms. The SMILES string of the molecule is NC(=O)c1ccc(CNC(=O)c2cn(Cc3ccc(Cn4ccccc4=O)cc3)nc2C2CC2)cc1. The Kier molecular flexibility index (Phi) is 6.49. The lowest BCUT2D eigenvalue weighted by atomic mass is 10.1. The molecule has 1 saturated carbocycles. The molecule has 0 aliphatic heterocycles. The maximum Gasteiger partial charge on any atom is 0.255 e. The minimum absolute atomic E-state index is 0.0285. The van der Waals surface area contributed by atoms with Crippen LogP contribution in [-0.2, 0) is 19.6 Å². The highest BCUT2D eigenvalue weighted by Crippen LogP contribution is 2.40. The third-order valence-electron chi connectivity index (χ3n) is 6.31. The Hall–Kier alpha value is -4.46. The predicted molar refractivity (Wildman–Crippen MR) is 136 cm³/mol. The fourth-order valence-corrected chi connectivity index (χ4v) is 4.14. The van der Waals surface area contributed by atoms with E-state index in [0.717, 1.165) is 35.2 Å². The molecule has 1 aliphatic carbocycles. The van der Waals surface area contributed by atoms with Gasteiger partial charge in [-0.05, 0) is 47.7 Å². The van der Waals surface area contributed by atoms with Crippen molar-refractivity contribution in [3.05, 3.63) is 123 Å². The minimum atomic E-state index is -0.478. The summed E-state index contributed by atoms with van der Waals surface area (Å²) in [4.78, 5) is 36.2. The normalized spacial score (nSPS) is 12.9. The van der Waals surface area contributed by atoms with Crippen molar-refractivity contribution in [3.8, 4) is 0 Å². The van der Waals surface area contributed by atoms with E-state index in [2.05, 4.69) is 5.32 Å². The van der Waals surface area contributed by atoms with Gasteiger partial charge in [0.05, 0.1) is 24.3 Å². The fourth-order valence-electron chi connectivity index (χ4n) is 4.14. The first-order valence-electron chi connectivity index (χ1n) is 11.9. The average molecular weight is 482 g/mol. The molecule has 36 heavy (non-hydrogen) atoms. The topological polar surface area (TPSA) is 112 Å². The molecule has 2 aromatic heterocycles. The summed E-state index contributed by atoms with van der Waals surface area (Å²) in [6.07, 6.45) is 5.68. The van der Waals surface area contributed by atoms with Gasteiger partial charge in [-0.3, -0.25) is 19.1 Å². The number of nitrogens with one attached hydrogen (secondary N) is 1. The standard InChI is InChI=1S/C28H27N5O3/c29-27(35)23-10-8-19(9-11-23)15-30-28(36)24-18-33(31-26(24)22-12-13-22)17-21-6-4-20(5-7-21)16-32-14-2-1-3-25(32)34/h1-11,14,18,22H,12-13,15-17H2,(H2,29,35)(H,30,36). The zero-order valence-electron chi connectivity index (χ0n) is 19.8. The number of rotatable bonds is 9. The summed E-state index contributed by atoms with van der Waals surface area (Å²) in [5, 5.41) is 7.70. The van der Waals surface area contributed by atoms with Gasteiger partial charge < -0.3 is 15.6 Å². The van der Waals surface area contributed by atoms with Gasteiger partial charge in [-0.1, -0.05) is 42.5 Å². The molecule has 0 atom stereocenters. The van der Waals surface area contributed by atoms with Gasteiger partial charge in [0.15, 0.2) is 0 Å². The summed E-state index contributed by atoms with van der Waals surface area (Å²) in [6.45, 7) is 1.41. The van der Waals surface area contributed by atoms with Crippen molar-refractivity contribution in [2.75, 3.05) is 0 Å². The third kappa shape index (κ3) is 5.43. The van der Waals surface area contributed by atoms with Gasteiger partial charge in [0.25, 0.3) is 11.5 Å². The molecule has 0 spiro atoms. The number of carbonyl (C=O) groups is 2. The number of amides is 2. The van der Waals surface area contributed by atoms with Crippen LogP contribution in [0.5, 0.6) is 0 Å². The molecule has 2 amide bonds. The number of nitrogens with two attached hydrogens (primary N) is 1. The van der Waals surface area contributed by atoms with Crippen LogP contribution >= 0.6 is 0 Å². The van der Waals surface area contributed by atoms with Crippen molar-refractivity contribution in [1.82, 2.24) is 19.7 Å². The van der Waals surface area contributed by atoms with Gasteiger partial charge in [0.1, 0.15) is 0 Å². The molecule has 4 aromatic rings. The Labute approximate surface area is 208 Å². The number of primary amides is 1. The maximum absolute atomic E-state index is 13.0. The fraction of sp³-hybridized carbons (Fsp3) is 0.214. The molecule has 5 rings (SSSR count). The van der Waals surface area contributed by atoms with Crippen molar-refractivity contribution in [1.29, 1.82) is 0 Å². The quantitative estimate of drug-likeness (QED) is 0.383. The van der Waals surface area contributed by atoms with Crippen LogP contribution in [0.1, 0.15) is 61.9 Å². The smallest absolute Gasteiger partial charge is 0.255 e. The molecule has 2 heterocycles. The number of aromatic nitrogens is 3. The second kappa shape index (κ2) is 10.0. The zero-order valence-corrected chi connectivity index (χ0v) is 19.8. The molecule has 1 aliphatic rings. The number of hydrogen-bond acceptors (Lipinski definition) is 4. The lowest BCUT2D eigenvalue weighted by Crippen LogP contribution is -2.23. The van der Waals surface area contributed by atoms with E-state index in [1.54, 1.807) is 47.2 Å². The van der Waals surface area contributed by atoms with E-state index in [4.69, 9.17) is 10.8 Å². The molecule has 3 N–H and O–H groups in total. The second-order valence-corrected chi connectivity index (χ2v) is 9.13. The van der Waals surface area contributed by atoms with Crippen LogP contribution in [0.3, 0.4) is 0 Å². The van der Waals surface area contributed by atoms with E-state index in [1.807, 2.05) is 41.2 Å². The summed E-state index contributed by atoms with van der Waals surface area (Å²) in [5.74, 6) is -0.312. The lowest BCUT2D eigenvalue weighted by Gasteiger charge is -2.07. The summed E-state index contributed by atoms with van der Waals surface area (Å²) in [6, 6.07) is 20.1. The largest absolute Gasteiger partial charge is 0.366 e. The number of pyridine rings is 1. The molecule has 8 nitrogen and oxygen atoms in total. The molecule has 1 fully saturated rings. The minimum Gasteiger partial charge on any atom is -0.366 e. The monoisotopic (exact) mass is 481 g/mol. The Bertz CT molecular complexity index is 1450. The Morgan fingerprint density at radius 1 is 0.917 bits per heavy atom. The average Bonchev–Trinajstić information content (AvgIpc) is 3.65. The van der Waals surface area contributed by atoms with Crippen LogP contribution in [0.2, 0.25) is 0 Å². The zero-order chi connectivity index (χ0) is 25.1. The third-order valence-corrected chi connectivity index (χ3v) is 6.31. The number of nitrogens with zero attached hydrogens (tertiary/aromatic N) is 3. The van der Waals surface area contributed by atoms with E-state index in [1.165, 1.54) is 0 Å². The van der Waals surface area contributed by atoms with E-state index in [0.29, 0.717) is 36.7 Å². The molecular weight excluding hydrogens is 454 g/mol. The van der Waals surface area contributed by atoms with E-state index < -0.39 is 5.91 Å². The highest BCUT2D eigenvalue weighted by atomic mass is 16.2. The molecule has 0 radical (unpaired) electrons. The maximum atomic E-state index is 13.0. The highest BCUT2D eigenvalue weighted by molar-refractivity contribution is 5.95. The first-order chi connectivity index (χ1) is 17.5. The molecular formula is C28H27N5O3. The van der Waals surface area contributed by atoms with Crippen LogP contribution in [0, 0.1) is 0 Å². The molecule has 0 saturated heterocycles. The van der Waals surface area contributed by atoms with Gasteiger partial charge in [-0.25, -0.2) is 0 Å². The van der Waals surface area contributed by atoms with E-state index in [9.17, 15) is 14.4 Å². The van der Waals surface area contributed by atoms with Crippen LogP contribution in [0.15, 0.2) is 83.9 Å². The lowest BCUT2D eigenvalue weighted by molar-refractivity contribution is 0.0948. The summed E-state index contributed by atoms with van der Waals surface area (Å²) in [5.41, 5.74) is 10.1. The Morgan fingerprint density at radius 2 is 1.58 bits per heavy atom. The number of carbonyl (C=O) groups excluding carboxylic acids is 2. The number of benzene rings is 2. The van der Waals surface area contributed by atoms with Crippen molar-refractivity contribution >= 4 is 11.8 Å². The van der Waals surface area contributed by atoms with Gasteiger partial charge in [0, 0.05) is 36.5 Å². The van der Waals surface area contributed by atoms with Crippen LogP contribution in [-0.4, -0.2) is 26.2 Å². The Balaban J connectivity index is 1.25. The molecule has 0 unspecified atom stereocenters. The van der Waals surface area contributed by atoms with Crippen molar-refractivity contribution in [2.45, 2.75) is 38.4 Å². The van der Waals surface area contributed by atoms with E-state index >= 15 is 0 Å². The van der Waals surface area contributed by atoms with Crippen LogP contribution < -0.4 is 16.6 Å². The summed E-state index contributed by atoms with van der Waals surface area (Å²) in [7, 11) is 0. The molecule has 0 bridgehead atoms. The van der Waals surface area contributed by atoms with Crippen molar-refractivity contribution in [2.24, 2.45) is 5.73 Å². The van der Waals surface area contributed by atoms with Crippen molar-refractivity contribution < 1.29 is 9.59 Å². The summed E-state index contributed by atoms with van der Waals surface area (Å²) < 4.78 is 3.49. The molecule has 182 valence electrons. The van der Waals surface area contributed by atoms with E-state index in [-0.39, 0.29) is 11.5 Å². The molecule has 2 aromatic carbocycles. The summed E-state index contributed by atoms with van der Waals surface area (Å²) >= 11 is 0. The van der Waals surface area contributed by atoms with Crippen molar-refractivity contribution in [3.63, 3.8) is 0 Å². The van der Waals surface area contributed by atoms with Crippen LogP contribution in [0.25, 0.3) is 0 Å². The second-order valence-electron chi connectivity index (χ2n) is 9.13. The first-order valence-corrected chi connectivity index (χ1v) is 11.9. The van der Waals surface area contributed by atoms with Gasteiger partial charge in [0.2, 0.25) is 5.91 Å². The van der Waals surface area contributed by atoms with Crippen LogP contribution in [0.4, 0.5) is 0 Å². The highest BCUT2D eigenvalue weighted by Gasteiger charge is 2.31.